The van der Waals surface area contributed by atoms with E-state index >= 15 is 0 Å². The minimum absolute atomic E-state index is 0.718. The van der Waals surface area contributed by atoms with Gasteiger partial charge in [-0.1, -0.05) is 13.0 Å². The molecule has 0 N–H and O–H groups in total. The van der Waals surface area contributed by atoms with Gasteiger partial charge in [-0.05, 0) is 24.5 Å². The molecule has 0 aliphatic rings. The first-order chi connectivity index (χ1) is 6.04. The Kier molecular flexibility index (Phi) is 2.90. The second kappa shape index (κ2) is 3.77. The fourth-order valence-corrected chi connectivity index (χ4v) is 0.929. The number of alkyl halides is 3. The monoisotopic (exact) mass is 188 g/mol. The average Bonchev–Trinajstić information content (AvgIpc) is 2.04. The molecule has 0 atom stereocenters. The average molecular weight is 188 g/mol. The lowest BCUT2D eigenvalue weighted by Crippen LogP contribution is -2.07. The molecule has 4 heteroatoms. The van der Waals surface area contributed by atoms with Gasteiger partial charge in [0.15, 0.2) is 0 Å². The Hall–Kier alpha value is -1.06. The lowest BCUT2D eigenvalue weighted by atomic mass is 10.1. The predicted molar refractivity (Wildman–Crippen MR) is 42.9 cm³/mol. The van der Waals surface area contributed by atoms with Gasteiger partial charge in [-0.25, -0.2) is 0 Å². The molecule has 0 fully saturated rings. The molecular formula is C9H9F3N. The predicted octanol–water partition coefficient (Wildman–Crippen LogP) is 3.06. The van der Waals surface area contributed by atoms with Gasteiger partial charge in [-0.2, -0.15) is 13.2 Å². The van der Waals surface area contributed by atoms with Crippen LogP contribution < -0.4 is 0 Å². The lowest BCUT2D eigenvalue weighted by molar-refractivity contribution is -0.141. The van der Waals surface area contributed by atoms with Crippen LogP contribution in [0.5, 0.6) is 0 Å². The minimum atomic E-state index is -4.34. The molecule has 1 rings (SSSR count). The van der Waals surface area contributed by atoms with E-state index in [0.29, 0.717) is 0 Å². The quantitative estimate of drug-likeness (QED) is 0.695. The molecule has 0 spiro atoms. The van der Waals surface area contributed by atoms with Gasteiger partial charge < -0.3 is 0 Å². The molecule has 71 valence electrons. The van der Waals surface area contributed by atoms with Crippen molar-refractivity contribution in [3.8, 4) is 0 Å². The summed E-state index contributed by atoms with van der Waals surface area (Å²) in [4.78, 5) is 3.31. The van der Waals surface area contributed by atoms with Gasteiger partial charge in [0.2, 0.25) is 0 Å². The molecule has 0 saturated carbocycles. The van der Waals surface area contributed by atoms with Crippen LogP contribution in [0.3, 0.4) is 0 Å². The zero-order valence-corrected chi connectivity index (χ0v) is 7.10. The molecule has 1 aromatic rings. The molecule has 13 heavy (non-hydrogen) atoms. The smallest absolute Gasteiger partial charge is 0.251 e. The summed E-state index contributed by atoms with van der Waals surface area (Å²) >= 11 is 0. The number of pyridine rings is 1. The zero-order chi connectivity index (χ0) is 9.90. The van der Waals surface area contributed by atoms with Crippen LogP contribution >= 0.6 is 0 Å². The summed E-state index contributed by atoms with van der Waals surface area (Å²) in [5, 5.41) is 0. The summed E-state index contributed by atoms with van der Waals surface area (Å²) in [7, 11) is 0. The Morgan fingerprint density at radius 3 is 2.46 bits per heavy atom. The van der Waals surface area contributed by atoms with Crippen LogP contribution in [0.1, 0.15) is 24.6 Å². The number of nitrogens with zero attached hydrogens (tertiary/aromatic N) is 1. The van der Waals surface area contributed by atoms with Gasteiger partial charge in [-0.3, -0.25) is 4.98 Å². The Morgan fingerprint density at radius 1 is 1.38 bits per heavy atom. The summed E-state index contributed by atoms with van der Waals surface area (Å²) in [6.45, 7) is 1.91. The van der Waals surface area contributed by atoms with Crippen LogP contribution in [-0.2, 0) is 6.18 Å². The van der Waals surface area contributed by atoms with Crippen molar-refractivity contribution in [3.05, 3.63) is 36.0 Å². The number of rotatable bonds is 2. The van der Waals surface area contributed by atoms with Gasteiger partial charge in [0, 0.05) is 6.20 Å². The highest BCUT2D eigenvalue weighted by molar-refractivity contribution is 5.21. The molecule has 1 aromatic heterocycles. The van der Waals surface area contributed by atoms with E-state index in [0.717, 1.165) is 18.1 Å². The van der Waals surface area contributed by atoms with Crippen LogP contribution in [-0.4, -0.2) is 4.98 Å². The van der Waals surface area contributed by atoms with Crippen LogP contribution in [0.25, 0.3) is 0 Å². The van der Waals surface area contributed by atoms with Crippen molar-refractivity contribution in [1.29, 1.82) is 0 Å². The molecule has 1 radical (unpaired) electrons. The van der Waals surface area contributed by atoms with E-state index in [1.807, 2.05) is 13.3 Å². The molecule has 0 unspecified atom stereocenters. The first-order valence-electron chi connectivity index (χ1n) is 3.90. The van der Waals surface area contributed by atoms with Crippen molar-refractivity contribution >= 4 is 0 Å². The second-order valence-corrected chi connectivity index (χ2v) is 2.59. The van der Waals surface area contributed by atoms with Gasteiger partial charge >= 0.3 is 6.18 Å². The Bertz CT molecular complexity index is 263. The first kappa shape index (κ1) is 10.0. The standard InChI is InChI=1S/C9H9F3N/c1-2-3-7-4-5-8(13-6-7)9(10,11)12/h3-6H,2H2,1H3. The van der Waals surface area contributed by atoms with Crippen molar-refractivity contribution in [2.75, 3.05) is 0 Å². The van der Waals surface area contributed by atoms with Gasteiger partial charge in [0.05, 0.1) is 0 Å². The van der Waals surface area contributed by atoms with E-state index in [4.69, 9.17) is 0 Å². The SMILES string of the molecule is CC[CH]c1ccc(C(F)(F)F)nc1. The van der Waals surface area contributed by atoms with Gasteiger partial charge in [0.25, 0.3) is 0 Å². The van der Waals surface area contributed by atoms with Crippen LogP contribution in [0.2, 0.25) is 0 Å². The van der Waals surface area contributed by atoms with E-state index in [-0.39, 0.29) is 0 Å². The Labute approximate surface area is 74.6 Å². The zero-order valence-electron chi connectivity index (χ0n) is 7.10. The summed E-state index contributed by atoms with van der Waals surface area (Å²) < 4.78 is 36.1. The maximum atomic E-state index is 12.0. The molecule has 0 aromatic carbocycles. The van der Waals surface area contributed by atoms with Gasteiger partial charge in [0.1, 0.15) is 5.69 Å². The highest BCUT2D eigenvalue weighted by Gasteiger charge is 2.31. The summed E-state index contributed by atoms with van der Waals surface area (Å²) in [5.74, 6) is 0. The fraction of sp³-hybridized carbons (Fsp3) is 0.333. The number of halogens is 3. The maximum Gasteiger partial charge on any atom is 0.433 e. The third-order valence-corrected chi connectivity index (χ3v) is 1.52. The highest BCUT2D eigenvalue weighted by atomic mass is 19.4. The van der Waals surface area contributed by atoms with Crippen molar-refractivity contribution in [1.82, 2.24) is 4.98 Å². The van der Waals surface area contributed by atoms with Crippen LogP contribution in [0.4, 0.5) is 13.2 Å². The van der Waals surface area contributed by atoms with E-state index < -0.39 is 11.9 Å². The normalized spacial score (nSPS) is 11.7. The first-order valence-corrected chi connectivity index (χ1v) is 3.90. The van der Waals surface area contributed by atoms with E-state index in [1.54, 1.807) is 0 Å². The molecule has 1 nitrogen and oxygen atoms in total. The topological polar surface area (TPSA) is 12.9 Å². The molecule has 0 aliphatic heterocycles. The molecule has 1 heterocycles. The van der Waals surface area contributed by atoms with Crippen LogP contribution in [0, 0.1) is 6.42 Å². The second-order valence-electron chi connectivity index (χ2n) is 2.59. The van der Waals surface area contributed by atoms with E-state index in [1.165, 1.54) is 12.3 Å². The largest absolute Gasteiger partial charge is 0.433 e. The molecule has 0 aliphatic carbocycles. The van der Waals surface area contributed by atoms with Crippen molar-refractivity contribution < 1.29 is 13.2 Å². The number of hydrogen-bond donors (Lipinski definition) is 0. The van der Waals surface area contributed by atoms with Crippen molar-refractivity contribution in [3.63, 3.8) is 0 Å². The van der Waals surface area contributed by atoms with E-state index in [9.17, 15) is 13.2 Å². The summed E-state index contributed by atoms with van der Waals surface area (Å²) in [6.07, 6.45) is -0.517. The highest BCUT2D eigenvalue weighted by Crippen LogP contribution is 2.27. The van der Waals surface area contributed by atoms with Crippen molar-refractivity contribution in [2.24, 2.45) is 0 Å². The van der Waals surface area contributed by atoms with Crippen LogP contribution in [0.15, 0.2) is 18.3 Å². The lowest BCUT2D eigenvalue weighted by Gasteiger charge is -2.05. The third-order valence-electron chi connectivity index (χ3n) is 1.52. The Balaban J connectivity index is 2.81. The molecule has 0 saturated heterocycles. The number of aromatic nitrogens is 1. The number of hydrogen-bond acceptors (Lipinski definition) is 1. The Morgan fingerprint density at radius 2 is 2.08 bits per heavy atom. The third kappa shape index (κ3) is 2.72. The summed E-state index contributed by atoms with van der Waals surface area (Å²) in [6, 6.07) is 2.40. The molecule has 0 amide bonds. The van der Waals surface area contributed by atoms with Crippen molar-refractivity contribution in [2.45, 2.75) is 19.5 Å². The molecule has 0 bridgehead atoms. The fourth-order valence-electron chi connectivity index (χ4n) is 0.929. The van der Waals surface area contributed by atoms with Gasteiger partial charge in [-0.15, -0.1) is 0 Å². The molecular weight excluding hydrogens is 179 g/mol. The maximum absolute atomic E-state index is 12.0. The minimum Gasteiger partial charge on any atom is -0.251 e. The van der Waals surface area contributed by atoms with E-state index in [2.05, 4.69) is 4.98 Å². The summed E-state index contributed by atoms with van der Waals surface area (Å²) in [5.41, 5.74) is -0.128.